The molecule has 1 unspecified atom stereocenters. The minimum Gasteiger partial charge on any atom is -0.481 e. The second kappa shape index (κ2) is 8.35. The number of hydrogen-bond acceptors (Lipinski definition) is 4. The molecule has 0 bridgehead atoms. The van der Waals surface area contributed by atoms with E-state index in [1.807, 2.05) is 0 Å². The van der Waals surface area contributed by atoms with Gasteiger partial charge in [-0.25, -0.2) is 4.79 Å². The Morgan fingerprint density at radius 3 is 2.56 bits per heavy atom. The molecule has 2 N–H and O–H groups in total. The number of carbonyl (C=O) groups is 2. The quantitative estimate of drug-likeness (QED) is 0.781. The van der Waals surface area contributed by atoms with Gasteiger partial charge in [0.25, 0.3) is 0 Å². The fourth-order valence-electron chi connectivity index (χ4n) is 4.95. The summed E-state index contributed by atoms with van der Waals surface area (Å²) in [6, 6.07) is -0.113. The Morgan fingerprint density at radius 2 is 1.89 bits per heavy atom. The number of amides is 2. The number of hydrogen-bond donors (Lipinski definition) is 2. The van der Waals surface area contributed by atoms with Crippen molar-refractivity contribution in [2.45, 2.75) is 69.9 Å². The summed E-state index contributed by atoms with van der Waals surface area (Å²) in [4.78, 5) is 28.2. The van der Waals surface area contributed by atoms with Gasteiger partial charge < -0.3 is 20.1 Å². The Kier molecular flexibility index (Phi) is 6.31. The molecule has 2 amide bonds. The number of ether oxygens (including phenoxy) is 1. The van der Waals surface area contributed by atoms with Crippen LogP contribution in [0.4, 0.5) is 4.79 Å². The van der Waals surface area contributed by atoms with E-state index in [9.17, 15) is 14.7 Å². The molecule has 1 atom stereocenters. The first-order valence-electron chi connectivity index (χ1n) is 10.5. The molecule has 2 saturated heterocycles. The van der Waals surface area contributed by atoms with Crippen LogP contribution in [0, 0.1) is 5.92 Å². The number of morpholine rings is 1. The molecule has 27 heavy (non-hydrogen) atoms. The Balaban J connectivity index is 1.63. The van der Waals surface area contributed by atoms with Gasteiger partial charge in [0.15, 0.2) is 0 Å². The van der Waals surface area contributed by atoms with Gasteiger partial charge in [0, 0.05) is 38.3 Å². The van der Waals surface area contributed by atoms with Gasteiger partial charge in [0.2, 0.25) is 0 Å². The fourth-order valence-corrected chi connectivity index (χ4v) is 4.95. The molecule has 3 aliphatic rings. The van der Waals surface area contributed by atoms with Gasteiger partial charge in [-0.2, -0.15) is 0 Å². The number of piperidine rings is 1. The fraction of sp³-hybridized carbons (Fsp3) is 0.900. The topological polar surface area (TPSA) is 82.1 Å². The highest BCUT2D eigenvalue weighted by Gasteiger charge is 2.42. The van der Waals surface area contributed by atoms with Crippen LogP contribution in [-0.4, -0.2) is 77.4 Å². The van der Waals surface area contributed by atoms with E-state index in [4.69, 9.17) is 4.74 Å². The SMILES string of the molecule is CC1(C)CN(C2(CNC(=O)N3CCCC(C(=O)O)C3)CCCCC2)CCO1. The maximum absolute atomic E-state index is 12.7. The molecule has 0 spiro atoms. The van der Waals surface area contributed by atoms with E-state index in [-0.39, 0.29) is 17.2 Å². The average Bonchev–Trinajstić information content (AvgIpc) is 2.66. The Hall–Kier alpha value is -1.34. The summed E-state index contributed by atoms with van der Waals surface area (Å²) in [6.07, 6.45) is 7.26. The first kappa shape index (κ1) is 20.4. The Labute approximate surface area is 162 Å². The molecule has 0 aromatic carbocycles. The van der Waals surface area contributed by atoms with E-state index < -0.39 is 11.9 Å². The lowest BCUT2D eigenvalue weighted by molar-refractivity contribution is -0.143. The standard InChI is InChI=1S/C20H35N3O4/c1-19(2)15-23(11-12-27-19)20(8-4-3-5-9-20)14-21-18(26)22-10-6-7-16(13-22)17(24)25/h16H,3-15H2,1-2H3,(H,21,26)(H,24,25). The van der Waals surface area contributed by atoms with Gasteiger partial charge in [0.05, 0.1) is 18.1 Å². The molecule has 2 aliphatic heterocycles. The van der Waals surface area contributed by atoms with Gasteiger partial charge in [-0.15, -0.1) is 0 Å². The van der Waals surface area contributed by atoms with E-state index in [2.05, 4.69) is 24.1 Å². The van der Waals surface area contributed by atoms with Crippen molar-refractivity contribution in [3.8, 4) is 0 Å². The van der Waals surface area contributed by atoms with Crippen molar-refractivity contribution in [2.75, 3.05) is 39.3 Å². The molecule has 7 nitrogen and oxygen atoms in total. The second-order valence-corrected chi connectivity index (χ2v) is 9.10. The number of likely N-dealkylation sites (tertiary alicyclic amines) is 1. The summed E-state index contributed by atoms with van der Waals surface area (Å²) >= 11 is 0. The van der Waals surface area contributed by atoms with Gasteiger partial charge in [-0.3, -0.25) is 9.69 Å². The minimum atomic E-state index is -0.799. The highest BCUT2D eigenvalue weighted by Crippen LogP contribution is 2.36. The summed E-state index contributed by atoms with van der Waals surface area (Å²) < 4.78 is 5.89. The van der Waals surface area contributed by atoms with E-state index in [1.54, 1.807) is 4.90 Å². The van der Waals surface area contributed by atoms with E-state index in [1.165, 1.54) is 19.3 Å². The van der Waals surface area contributed by atoms with Crippen molar-refractivity contribution in [2.24, 2.45) is 5.92 Å². The third kappa shape index (κ3) is 4.93. The average molecular weight is 382 g/mol. The number of carboxylic acids is 1. The highest BCUT2D eigenvalue weighted by molar-refractivity contribution is 5.76. The van der Waals surface area contributed by atoms with Gasteiger partial charge in [-0.1, -0.05) is 19.3 Å². The third-order valence-electron chi connectivity index (χ3n) is 6.51. The van der Waals surface area contributed by atoms with Gasteiger partial charge >= 0.3 is 12.0 Å². The van der Waals surface area contributed by atoms with E-state index in [0.717, 1.165) is 39.0 Å². The molecule has 0 aromatic rings. The summed E-state index contributed by atoms with van der Waals surface area (Å²) in [6.45, 7) is 8.39. The number of urea groups is 1. The first-order valence-corrected chi connectivity index (χ1v) is 10.5. The maximum Gasteiger partial charge on any atom is 0.317 e. The van der Waals surface area contributed by atoms with Crippen molar-refractivity contribution in [1.82, 2.24) is 15.1 Å². The largest absolute Gasteiger partial charge is 0.481 e. The van der Waals surface area contributed by atoms with Crippen LogP contribution in [-0.2, 0) is 9.53 Å². The molecule has 7 heteroatoms. The summed E-state index contributed by atoms with van der Waals surface area (Å²) in [5, 5.41) is 12.4. The zero-order valence-electron chi connectivity index (χ0n) is 16.8. The third-order valence-corrected chi connectivity index (χ3v) is 6.51. The number of carbonyl (C=O) groups excluding carboxylic acids is 1. The van der Waals surface area contributed by atoms with Crippen LogP contribution in [0.25, 0.3) is 0 Å². The summed E-state index contributed by atoms with van der Waals surface area (Å²) in [5.74, 6) is -1.24. The van der Waals surface area contributed by atoms with E-state index >= 15 is 0 Å². The molecule has 0 aromatic heterocycles. The first-order chi connectivity index (χ1) is 12.8. The second-order valence-electron chi connectivity index (χ2n) is 9.10. The smallest absolute Gasteiger partial charge is 0.317 e. The van der Waals surface area contributed by atoms with Crippen molar-refractivity contribution >= 4 is 12.0 Å². The van der Waals surface area contributed by atoms with Gasteiger partial charge in [0.1, 0.15) is 0 Å². The maximum atomic E-state index is 12.7. The number of rotatable bonds is 4. The predicted molar refractivity (Wildman–Crippen MR) is 103 cm³/mol. The monoisotopic (exact) mass is 381 g/mol. The minimum absolute atomic E-state index is 0.00303. The van der Waals surface area contributed by atoms with Crippen molar-refractivity contribution < 1.29 is 19.4 Å². The molecule has 154 valence electrons. The number of carboxylic acid groups (broad SMARTS) is 1. The molecule has 1 saturated carbocycles. The molecule has 3 fully saturated rings. The van der Waals surface area contributed by atoms with Crippen LogP contribution in [0.3, 0.4) is 0 Å². The van der Waals surface area contributed by atoms with Crippen molar-refractivity contribution in [3.05, 3.63) is 0 Å². The van der Waals surface area contributed by atoms with Crippen molar-refractivity contribution in [1.29, 1.82) is 0 Å². The molecule has 2 heterocycles. The lowest BCUT2D eigenvalue weighted by Crippen LogP contribution is -2.63. The molecule has 0 radical (unpaired) electrons. The Morgan fingerprint density at radius 1 is 1.15 bits per heavy atom. The number of nitrogens with zero attached hydrogens (tertiary/aromatic N) is 2. The van der Waals surface area contributed by atoms with Crippen LogP contribution < -0.4 is 5.32 Å². The number of aliphatic carboxylic acids is 1. The lowest BCUT2D eigenvalue weighted by Gasteiger charge is -2.51. The molecule has 1 aliphatic carbocycles. The zero-order valence-corrected chi connectivity index (χ0v) is 16.8. The molecular formula is C20H35N3O4. The summed E-state index contributed by atoms with van der Waals surface area (Å²) in [7, 11) is 0. The summed E-state index contributed by atoms with van der Waals surface area (Å²) in [5.41, 5.74) is -0.161. The Bertz CT molecular complexity index is 545. The predicted octanol–water partition coefficient (Wildman–Crippen LogP) is 2.31. The van der Waals surface area contributed by atoms with Crippen molar-refractivity contribution in [3.63, 3.8) is 0 Å². The van der Waals surface area contributed by atoms with Crippen LogP contribution in [0.15, 0.2) is 0 Å². The lowest BCUT2D eigenvalue weighted by atomic mass is 9.79. The van der Waals surface area contributed by atoms with Crippen LogP contribution in [0.1, 0.15) is 58.8 Å². The molecular weight excluding hydrogens is 346 g/mol. The zero-order chi connectivity index (χ0) is 19.5. The van der Waals surface area contributed by atoms with Crippen LogP contribution in [0.5, 0.6) is 0 Å². The highest BCUT2D eigenvalue weighted by atomic mass is 16.5. The number of nitrogens with one attached hydrogen (secondary N) is 1. The molecule has 3 rings (SSSR count). The van der Waals surface area contributed by atoms with Crippen LogP contribution >= 0.6 is 0 Å². The van der Waals surface area contributed by atoms with E-state index in [0.29, 0.717) is 26.1 Å². The normalized spacial score (nSPS) is 28.5. The van der Waals surface area contributed by atoms with Gasteiger partial charge in [-0.05, 0) is 39.5 Å². The van der Waals surface area contributed by atoms with Crippen LogP contribution in [0.2, 0.25) is 0 Å².